The Kier molecular flexibility index (Phi) is 7.51. The molecular formula is C27H32N4O4. The zero-order valence-electron chi connectivity index (χ0n) is 20.9. The fraction of sp³-hybridized carbons (Fsp3) is 0.370. The Morgan fingerprint density at radius 2 is 1.94 bits per heavy atom. The number of allylic oxidation sites excluding steroid dienone is 1. The van der Waals surface area contributed by atoms with Gasteiger partial charge in [0.2, 0.25) is 5.82 Å². The van der Waals surface area contributed by atoms with E-state index in [4.69, 9.17) is 19.0 Å². The highest BCUT2D eigenvalue weighted by molar-refractivity contribution is 5.87. The number of carbonyl (C=O) groups excluding carboxylic acids is 1. The Morgan fingerprint density at radius 3 is 2.69 bits per heavy atom. The largest absolute Gasteiger partial charge is 0.497 e. The van der Waals surface area contributed by atoms with Crippen LogP contribution in [0.3, 0.4) is 0 Å². The van der Waals surface area contributed by atoms with Crippen molar-refractivity contribution < 1.29 is 18.8 Å². The third-order valence-electron chi connectivity index (χ3n) is 6.32. The molecule has 1 aliphatic heterocycles. The van der Waals surface area contributed by atoms with Gasteiger partial charge in [-0.2, -0.15) is 4.98 Å². The van der Waals surface area contributed by atoms with Gasteiger partial charge < -0.3 is 19.3 Å². The lowest BCUT2D eigenvalue weighted by atomic mass is 9.92. The molecule has 3 aromatic rings. The van der Waals surface area contributed by atoms with Crippen LogP contribution < -0.4 is 10.1 Å². The van der Waals surface area contributed by atoms with Crippen molar-refractivity contribution in [2.24, 2.45) is 0 Å². The minimum absolute atomic E-state index is 0.154. The molecule has 35 heavy (non-hydrogen) atoms. The van der Waals surface area contributed by atoms with Gasteiger partial charge in [-0.25, -0.2) is 4.79 Å². The van der Waals surface area contributed by atoms with Gasteiger partial charge in [0, 0.05) is 31.0 Å². The molecule has 1 N–H and O–H groups in total. The normalized spacial score (nSPS) is 16.0. The maximum Gasteiger partial charge on any atom is 0.322 e. The minimum atomic E-state index is -0.413. The fourth-order valence-corrected chi connectivity index (χ4v) is 4.20. The van der Waals surface area contributed by atoms with Gasteiger partial charge in [0.25, 0.3) is 5.89 Å². The van der Waals surface area contributed by atoms with Gasteiger partial charge in [-0.3, -0.25) is 4.90 Å². The number of ether oxygens (including phenoxy) is 2. The number of amides is 2. The van der Waals surface area contributed by atoms with Crippen molar-refractivity contribution in [2.75, 3.05) is 26.9 Å². The number of carbonyl (C=O) groups is 1. The van der Waals surface area contributed by atoms with E-state index in [1.54, 1.807) is 12.0 Å². The summed E-state index contributed by atoms with van der Waals surface area (Å²) in [6, 6.07) is 13.1. The standard InChI is InChI=1S/C27H32N4O4/c1-6-34-14-8-13-31-19(4)23(24(28-27(31)32)20-12-11-17(2)18(3)15-20)26-29-25(30-35-26)21-9-7-10-22(16-21)33-5/h7,9-12,15-16,24H,6,8,13-14H2,1-5H3,(H,28,32). The Morgan fingerprint density at radius 1 is 1.11 bits per heavy atom. The molecule has 1 unspecified atom stereocenters. The molecule has 8 nitrogen and oxygen atoms in total. The van der Waals surface area contributed by atoms with Crippen LogP contribution in [0.4, 0.5) is 4.79 Å². The molecule has 184 valence electrons. The first-order valence-electron chi connectivity index (χ1n) is 11.8. The van der Waals surface area contributed by atoms with E-state index in [1.165, 1.54) is 5.56 Å². The lowest BCUT2D eigenvalue weighted by Crippen LogP contribution is -2.46. The molecule has 8 heteroatoms. The van der Waals surface area contributed by atoms with E-state index in [2.05, 4.69) is 36.5 Å². The van der Waals surface area contributed by atoms with E-state index in [0.29, 0.717) is 37.2 Å². The number of aromatic nitrogens is 2. The van der Waals surface area contributed by atoms with Crippen LogP contribution in [0.5, 0.6) is 5.75 Å². The molecule has 4 rings (SSSR count). The van der Waals surface area contributed by atoms with Crippen molar-refractivity contribution in [2.45, 2.75) is 40.2 Å². The molecule has 2 aromatic carbocycles. The molecule has 0 fully saturated rings. The maximum atomic E-state index is 13.1. The third kappa shape index (κ3) is 5.22. The van der Waals surface area contributed by atoms with Gasteiger partial charge in [0.15, 0.2) is 0 Å². The molecule has 0 aliphatic carbocycles. The maximum absolute atomic E-state index is 13.1. The highest BCUT2D eigenvalue weighted by Gasteiger charge is 2.35. The van der Waals surface area contributed by atoms with Crippen molar-refractivity contribution >= 4 is 11.6 Å². The average Bonchev–Trinajstić information content (AvgIpc) is 3.34. The summed E-state index contributed by atoms with van der Waals surface area (Å²) >= 11 is 0. The van der Waals surface area contributed by atoms with Gasteiger partial charge in [-0.05, 0) is 62.9 Å². The second-order valence-corrected chi connectivity index (χ2v) is 8.58. The quantitative estimate of drug-likeness (QED) is 0.422. The van der Waals surface area contributed by atoms with Gasteiger partial charge >= 0.3 is 6.03 Å². The van der Waals surface area contributed by atoms with Crippen molar-refractivity contribution in [3.8, 4) is 17.1 Å². The molecule has 0 spiro atoms. The van der Waals surface area contributed by atoms with Crippen LogP contribution in [-0.4, -0.2) is 47.9 Å². The predicted molar refractivity (Wildman–Crippen MR) is 134 cm³/mol. The predicted octanol–water partition coefficient (Wildman–Crippen LogP) is 5.29. The van der Waals surface area contributed by atoms with E-state index in [1.807, 2.05) is 44.2 Å². The van der Waals surface area contributed by atoms with Crippen molar-refractivity contribution in [1.82, 2.24) is 20.4 Å². The zero-order valence-corrected chi connectivity index (χ0v) is 20.9. The molecule has 1 atom stereocenters. The van der Waals surface area contributed by atoms with Gasteiger partial charge in [0.05, 0.1) is 18.7 Å². The van der Waals surface area contributed by atoms with Crippen LogP contribution in [0.1, 0.15) is 48.9 Å². The van der Waals surface area contributed by atoms with E-state index in [-0.39, 0.29) is 6.03 Å². The van der Waals surface area contributed by atoms with Crippen molar-refractivity contribution in [3.63, 3.8) is 0 Å². The average molecular weight is 477 g/mol. The number of aryl methyl sites for hydroxylation is 2. The van der Waals surface area contributed by atoms with Crippen LogP contribution in [0.25, 0.3) is 17.0 Å². The molecule has 0 bridgehead atoms. The van der Waals surface area contributed by atoms with Crippen LogP contribution in [0.2, 0.25) is 0 Å². The van der Waals surface area contributed by atoms with Crippen LogP contribution >= 0.6 is 0 Å². The SMILES string of the molecule is CCOCCCN1C(=O)NC(c2ccc(C)c(C)c2)C(c2nc(-c3cccc(OC)c3)no2)=C1C. The van der Waals surface area contributed by atoms with Crippen molar-refractivity contribution in [1.29, 1.82) is 0 Å². The summed E-state index contributed by atoms with van der Waals surface area (Å²) in [6.45, 7) is 9.78. The smallest absolute Gasteiger partial charge is 0.322 e. The molecule has 1 aromatic heterocycles. The van der Waals surface area contributed by atoms with Crippen LogP contribution in [0.15, 0.2) is 52.7 Å². The number of benzene rings is 2. The Balaban J connectivity index is 1.75. The fourth-order valence-electron chi connectivity index (χ4n) is 4.20. The Hall–Kier alpha value is -3.65. The number of methoxy groups -OCH3 is 1. The van der Waals surface area contributed by atoms with Crippen molar-refractivity contribution in [3.05, 3.63) is 70.7 Å². The van der Waals surface area contributed by atoms with Gasteiger partial charge in [0.1, 0.15) is 5.75 Å². The first-order chi connectivity index (χ1) is 16.9. The van der Waals surface area contributed by atoms with E-state index in [9.17, 15) is 4.79 Å². The number of rotatable bonds is 9. The lowest BCUT2D eigenvalue weighted by Gasteiger charge is -2.35. The number of nitrogens with one attached hydrogen (secondary N) is 1. The lowest BCUT2D eigenvalue weighted by molar-refractivity contribution is 0.136. The van der Waals surface area contributed by atoms with Crippen LogP contribution in [0, 0.1) is 13.8 Å². The summed E-state index contributed by atoms with van der Waals surface area (Å²) in [4.78, 5) is 19.6. The molecule has 0 saturated carbocycles. The molecule has 1 aliphatic rings. The second-order valence-electron chi connectivity index (χ2n) is 8.58. The topological polar surface area (TPSA) is 89.7 Å². The monoisotopic (exact) mass is 476 g/mol. The summed E-state index contributed by atoms with van der Waals surface area (Å²) in [7, 11) is 1.62. The zero-order chi connectivity index (χ0) is 24.9. The Labute approximate surface area is 205 Å². The molecule has 2 heterocycles. The molecular weight excluding hydrogens is 444 g/mol. The second kappa shape index (κ2) is 10.7. The summed E-state index contributed by atoms with van der Waals surface area (Å²) < 4.78 is 16.6. The molecule has 0 radical (unpaired) electrons. The summed E-state index contributed by atoms with van der Waals surface area (Å²) in [6.07, 6.45) is 0.721. The van der Waals surface area contributed by atoms with Gasteiger partial charge in [-0.15, -0.1) is 0 Å². The summed E-state index contributed by atoms with van der Waals surface area (Å²) in [5.74, 6) is 1.54. The highest BCUT2D eigenvalue weighted by atomic mass is 16.5. The first kappa shape index (κ1) is 24.5. The van der Waals surface area contributed by atoms with E-state index < -0.39 is 6.04 Å². The summed E-state index contributed by atoms with van der Waals surface area (Å²) in [5, 5.41) is 7.39. The number of hydrogen-bond donors (Lipinski definition) is 1. The number of nitrogens with zero attached hydrogens (tertiary/aromatic N) is 3. The van der Waals surface area contributed by atoms with Crippen LogP contribution in [-0.2, 0) is 4.74 Å². The highest BCUT2D eigenvalue weighted by Crippen LogP contribution is 2.38. The summed E-state index contributed by atoms with van der Waals surface area (Å²) in [5.41, 5.74) is 5.66. The third-order valence-corrected chi connectivity index (χ3v) is 6.32. The minimum Gasteiger partial charge on any atom is -0.497 e. The Bertz CT molecular complexity index is 1230. The first-order valence-corrected chi connectivity index (χ1v) is 11.8. The molecule has 2 amide bonds. The van der Waals surface area contributed by atoms with E-state index >= 15 is 0 Å². The molecule has 0 saturated heterocycles. The number of urea groups is 1. The van der Waals surface area contributed by atoms with Gasteiger partial charge in [-0.1, -0.05) is 35.5 Å². The number of hydrogen-bond acceptors (Lipinski definition) is 6. The van der Waals surface area contributed by atoms with E-state index in [0.717, 1.165) is 34.4 Å².